The number of benzene rings is 2. The summed E-state index contributed by atoms with van der Waals surface area (Å²) in [5.41, 5.74) is 0.883. The Morgan fingerprint density at radius 2 is 1.72 bits per heavy atom. The molecule has 1 fully saturated rings. The lowest BCUT2D eigenvalue weighted by Crippen LogP contribution is -2.51. The molecule has 0 radical (unpaired) electrons. The summed E-state index contributed by atoms with van der Waals surface area (Å²) in [5.74, 6) is -0.953. The number of carbonyl (C=O) groups excluding carboxylic acids is 2. The van der Waals surface area contributed by atoms with Crippen molar-refractivity contribution in [3.8, 4) is 0 Å². The van der Waals surface area contributed by atoms with Crippen molar-refractivity contribution in [1.29, 1.82) is 0 Å². The summed E-state index contributed by atoms with van der Waals surface area (Å²) >= 11 is 5.97. The molecule has 2 aromatic rings. The summed E-state index contributed by atoms with van der Waals surface area (Å²) in [6.45, 7) is -0.100. The molecule has 2 aromatic carbocycles. The quantitative estimate of drug-likeness (QED) is 0.807. The van der Waals surface area contributed by atoms with Gasteiger partial charge in [-0.25, -0.2) is 4.39 Å². The van der Waals surface area contributed by atoms with E-state index in [4.69, 9.17) is 16.6 Å². The van der Waals surface area contributed by atoms with Crippen LogP contribution in [0.2, 0.25) is 5.02 Å². The highest BCUT2D eigenvalue weighted by atomic mass is 35.5. The molecule has 0 saturated heterocycles. The van der Waals surface area contributed by atoms with Gasteiger partial charge in [-0.2, -0.15) is 0 Å². The van der Waals surface area contributed by atoms with E-state index in [1.165, 1.54) is 24.3 Å². The second kappa shape index (κ2) is 7.95. The van der Waals surface area contributed by atoms with Crippen LogP contribution in [0.3, 0.4) is 0 Å². The highest BCUT2D eigenvalue weighted by Gasteiger charge is 2.48. The maximum atomic E-state index is 13.2. The molecule has 1 N–H and O–H groups in total. The summed E-state index contributed by atoms with van der Waals surface area (Å²) in [6, 6.07) is 12.5. The molecule has 1 saturated carbocycles. The number of nitrogens with zero attached hydrogens (tertiary/aromatic N) is 2. The first-order chi connectivity index (χ1) is 14.0. The van der Waals surface area contributed by atoms with Gasteiger partial charge in [0.25, 0.3) is 5.91 Å². The lowest BCUT2D eigenvalue weighted by molar-refractivity contribution is -0.134. The van der Waals surface area contributed by atoms with E-state index >= 15 is 0 Å². The van der Waals surface area contributed by atoms with Crippen molar-refractivity contribution in [1.82, 2.24) is 4.90 Å². The first kappa shape index (κ1) is 19.6. The first-order valence-electron chi connectivity index (χ1n) is 9.70. The number of nitrogens with one attached hydrogen (secondary N) is 1. The van der Waals surface area contributed by atoms with E-state index in [1.807, 2.05) is 0 Å². The van der Waals surface area contributed by atoms with Crippen molar-refractivity contribution < 1.29 is 14.0 Å². The Kier molecular flexibility index (Phi) is 5.37. The number of hydrogen-bond acceptors (Lipinski definition) is 3. The van der Waals surface area contributed by atoms with Gasteiger partial charge < -0.3 is 10.2 Å². The topological polar surface area (TPSA) is 61.8 Å². The minimum absolute atomic E-state index is 0.100. The SMILES string of the molecule is O=C(CN1C(=O)C(c2ccc(Cl)cc2)=NC12CCCCC2)Nc1ccc(F)cc1. The zero-order valence-corrected chi connectivity index (χ0v) is 16.6. The molecular formula is C22H21ClFN3O2. The van der Waals surface area contributed by atoms with Crippen LogP contribution in [0.4, 0.5) is 10.1 Å². The van der Waals surface area contributed by atoms with Crippen molar-refractivity contribution in [3.05, 3.63) is 64.9 Å². The number of carbonyl (C=O) groups is 2. The standard InChI is InChI=1S/C22H21ClFN3O2/c23-16-6-4-15(5-7-16)20-21(29)27(22(26-20)12-2-1-3-13-22)14-19(28)25-18-10-8-17(24)9-11-18/h4-11H,1-3,12-14H2,(H,25,28). The van der Waals surface area contributed by atoms with Gasteiger partial charge in [-0.1, -0.05) is 30.2 Å². The number of anilines is 1. The number of hydrogen-bond donors (Lipinski definition) is 1. The summed E-state index contributed by atoms with van der Waals surface area (Å²) in [7, 11) is 0. The molecule has 2 amide bonds. The third kappa shape index (κ3) is 4.03. The van der Waals surface area contributed by atoms with E-state index in [0.29, 0.717) is 22.0 Å². The minimum atomic E-state index is -0.676. The van der Waals surface area contributed by atoms with Gasteiger partial charge in [-0.05, 0) is 62.1 Å². The number of rotatable bonds is 4. The van der Waals surface area contributed by atoms with Gasteiger partial charge in [0.15, 0.2) is 0 Å². The molecule has 2 aliphatic rings. The van der Waals surface area contributed by atoms with E-state index in [0.717, 1.165) is 32.1 Å². The fourth-order valence-electron chi connectivity index (χ4n) is 4.02. The fraction of sp³-hybridized carbons (Fsp3) is 0.318. The van der Waals surface area contributed by atoms with Crippen LogP contribution in [0.5, 0.6) is 0 Å². The van der Waals surface area contributed by atoms with E-state index in [1.54, 1.807) is 29.2 Å². The zero-order valence-electron chi connectivity index (χ0n) is 15.8. The minimum Gasteiger partial charge on any atom is -0.325 e. The van der Waals surface area contributed by atoms with Gasteiger partial charge in [0.2, 0.25) is 5.91 Å². The summed E-state index contributed by atoms with van der Waals surface area (Å²) in [5, 5.41) is 3.32. The van der Waals surface area contributed by atoms with Crippen LogP contribution < -0.4 is 5.32 Å². The predicted molar refractivity (Wildman–Crippen MR) is 111 cm³/mol. The second-order valence-electron chi connectivity index (χ2n) is 7.46. The Morgan fingerprint density at radius 1 is 1.07 bits per heavy atom. The van der Waals surface area contributed by atoms with E-state index in [9.17, 15) is 14.0 Å². The van der Waals surface area contributed by atoms with E-state index in [-0.39, 0.29) is 24.2 Å². The van der Waals surface area contributed by atoms with Gasteiger partial charge in [0.05, 0.1) is 0 Å². The molecule has 4 rings (SSSR count). The second-order valence-corrected chi connectivity index (χ2v) is 7.89. The molecular weight excluding hydrogens is 393 g/mol. The van der Waals surface area contributed by atoms with Crippen LogP contribution >= 0.6 is 11.6 Å². The van der Waals surface area contributed by atoms with E-state index in [2.05, 4.69) is 5.32 Å². The van der Waals surface area contributed by atoms with Crippen LogP contribution in [0, 0.1) is 5.82 Å². The third-order valence-electron chi connectivity index (χ3n) is 5.47. The first-order valence-corrected chi connectivity index (χ1v) is 10.1. The van der Waals surface area contributed by atoms with Gasteiger partial charge in [0, 0.05) is 16.3 Å². The number of aliphatic imine (C=N–C) groups is 1. The van der Waals surface area contributed by atoms with Crippen LogP contribution in [0.25, 0.3) is 0 Å². The molecule has 150 valence electrons. The Balaban J connectivity index is 1.57. The van der Waals surface area contributed by atoms with E-state index < -0.39 is 5.66 Å². The van der Waals surface area contributed by atoms with Crippen LogP contribution in [0.1, 0.15) is 37.7 Å². The molecule has 0 unspecified atom stereocenters. The molecule has 1 aliphatic heterocycles. The average Bonchev–Trinajstić information content (AvgIpc) is 2.97. The fourth-order valence-corrected chi connectivity index (χ4v) is 4.15. The lowest BCUT2D eigenvalue weighted by atomic mass is 9.88. The van der Waals surface area contributed by atoms with Gasteiger partial charge >= 0.3 is 0 Å². The third-order valence-corrected chi connectivity index (χ3v) is 5.72. The molecule has 0 aromatic heterocycles. The Labute approximate surface area is 173 Å². The van der Waals surface area contributed by atoms with Crippen molar-refractivity contribution in [2.45, 2.75) is 37.8 Å². The molecule has 0 bridgehead atoms. The molecule has 29 heavy (non-hydrogen) atoms. The monoisotopic (exact) mass is 413 g/mol. The molecule has 1 aliphatic carbocycles. The zero-order chi connectivity index (χ0) is 20.4. The lowest BCUT2D eigenvalue weighted by Gasteiger charge is -2.38. The largest absolute Gasteiger partial charge is 0.325 e. The van der Waals surface area contributed by atoms with Crippen molar-refractivity contribution in [2.24, 2.45) is 4.99 Å². The molecule has 1 heterocycles. The maximum Gasteiger partial charge on any atom is 0.275 e. The predicted octanol–water partition coefficient (Wildman–Crippen LogP) is 4.41. The van der Waals surface area contributed by atoms with Crippen molar-refractivity contribution in [3.63, 3.8) is 0 Å². The average molecular weight is 414 g/mol. The number of amides is 2. The summed E-state index contributed by atoms with van der Waals surface area (Å²) in [4.78, 5) is 32.3. The smallest absolute Gasteiger partial charge is 0.275 e. The Hall–Kier alpha value is -2.73. The Morgan fingerprint density at radius 3 is 2.38 bits per heavy atom. The molecule has 0 atom stereocenters. The van der Waals surface area contributed by atoms with Gasteiger partial charge in [-0.3, -0.25) is 14.6 Å². The van der Waals surface area contributed by atoms with Crippen LogP contribution in [-0.2, 0) is 9.59 Å². The maximum absolute atomic E-state index is 13.2. The van der Waals surface area contributed by atoms with Gasteiger partial charge in [-0.15, -0.1) is 0 Å². The summed E-state index contributed by atoms with van der Waals surface area (Å²) < 4.78 is 13.1. The van der Waals surface area contributed by atoms with Crippen LogP contribution in [0.15, 0.2) is 53.5 Å². The highest BCUT2D eigenvalue weighted by molar-refractivity contribution is 6.47. The molecule has 7 heteroatoms. The molecule has 5 nitrogen and oxygen atoms in total. The highest BCUT2D eigenvalue weighted by Crippen LogP contribution is 2.39. The van der Waals surface area contributed by atoms with Crippen LogP contribution in [-0.4, -0.2) is 34.6 Å². The Bertz CT molecular complexity index is 951. The number of halogens is 2. The normalized spacial score (nSPS) is 18.1. The van der Waals surface area contributed by atoms with Gasteiger partial charge in [0.1, 0.15) is 23.7 Å². The van der Waals surface area contributed by atoms with Crippen molar-refractivity contribution >= 4 is 34.8 Å². The molecule has 1 spiro atoms. The van der Waals surface area contributed by atoms with Crippen molar-refractivity contribution in [2.75, 3.05) is 11.9 Å². The summed E-state index contributed by atoms with van der Waals surface area (Å²) in [6.07, 6.45) is 4.48.